The van der Waals surface area contributed by atoms with Crippen molar-refractivity contribution < 1.29 is 4.79 Å². The third-order valence-corrected chi connectivity index (χ3v) is 2.86. The second-order valence-electron chi connectivity index (χ2n) is 4.57. The van der Waals surface area contributed by atoms with E-state index >= 15 is 0 Å². The summed E-state index contributed by atoms with van der Waals surface area (Å²) in [4.78, 5) is 11.1. The Morgan fingerprint density at radius 2 is 1.53 bits per heavy atom. The topological polar surface area (TPSA) is 41.1 Å². The van der Waals surface area contributed by atoms with Crippen LogP contribution < -0.4 is 10.6 Å². The number of carbonyl (C=O) groups excluding carboxylic acids is 1. The predicted octanol–water partition coefficient (Wildman–Crippen LogP) is 2.85. The van der Waals surface area contributed by atoms with Gasteiger partial charge in [-0.1, -0.05) is 45.4 Å². The van der Waals surface area contributed by atoms with Crippen molar-refractivity contribution in [3.8, 4) is 0 Å². The summed E-state index contributed by atoms with van der Waals surface area (Å²) < 4.78 is 0. The van der Waals surface area contributed by atoms with Crippen molar-refractivity contribution in [1.29, 1.82) is 0 Å². The molecule has 0 aromatic heterocycles. The van der Waals surface area contributed by atoms with E-state index in [0.717, 1.165) is 19.6 Å². The van der Waals surface area contributed by atoms with Gasteiger partial charge in [-0.15, -0.1) is 0 Å². The van der Waals surface area contributed by atoms with Crippen LogP contribution in [0.15, 0.2) is 0 Å². The molecule has 0 spiro atoms. The first-order valence-corrected chi connectivity index (χ1v) is 7.28. The highest BCUT2D eigenvalue weighted by Gasteiger charge is 1.97. The van der Waals surface area contributed by atoms with E-state index in [4.69, 9.17) is 0 Å². The number of carbonyl (C=O) groups is 1. The SMILES string of the molecule is CCCCCCCCCNCCC(=O)NCC. The fourth-order valence-electron chi connectivity index (χ4n) is 1.82. The maximum Gasteiger partial charge on any atom is 0.221 e. The summed E-state index contributed by atoms with van der Waals surface area (Å²) in [5.41, 5.74) is 0. The van der Waals surface area contributed by atoms with Crippen LogP contribution in [0.1, 0.15) is 65.2 Å². The van der Waals surface area contributed by atoms with E-state index in [9.17, 15) is 4.79 Å². The first kappa shape index (κ1) is 16.4. The minimum atomic E-state index is 0.152. The summed E-state index contributed by atoms with van der Waals surface area (Å²) in [6, 6.07) is 0. The molecule has 2 N–H and O–H groups in total. The molecule has 0 aliphatic carbocycles. The predicted molar refractivity (Wildman–Crippen MR) is 74.2 cm³/mol. The molecule has 0 radical (unpaired) electrons. The second-order valence-corrected chi connectivity index (χ2v) is 4.57. The van der Waals surface area contributed by atoms with Gasteiger partial charge >= 0.3 is 0 Å². The summed E-state index contributed by atoms with van der Waals surface area (Å²) in [6.07, 6.45) is 9.99. The summed E-state index contributed by atoms with van der Waals surface area (Å²) in [5, 5.41) is 6.11. The van der Waals surface area contributed by atoms with Gasteiger partial charge in [-0.25, -0.2) is 0 Å². The van der Waals surface area contributed by atoms with Gasteiger partial charge in [0, 0.05) is 19.5 Å². The normalized spacial score (nSPS) is 10.5. The van der Waals surface area contributed by atoms with Gasteiger partial charge in [0.2, 0.25) is 5.91 Å². The largest absolute Gasteiger partial charge is 0.356 e. The maximum atomic E-state index is 11.1. The van der Waals surface area contributed by atoms with Gasteiger partial charge in [0.15, 0.2) is 0 Å². The Hall–Kier alpha value is -0.570. The van der Waals surface area contributed by atoms with Crippen LogP contribution in [-0.2, 0) is 4.79 Å². The smallest absolute Gasteiger partial charge is 0.221 e. The number of hydrogen-bond donors (Lipinski definition) is 2. The Balaban J connectivity index is 3.01. The van der Waals surface area contributed by atoms with Gasteiger partial charge < -0.3 is 10.6 Å². The van der Waals surface area contributed by atoms with E-state index in [1.54, 1.807) is 0 Å². The zero-order chi connectivity index (χ0) is 12.8. The average molecular weight is 242 g/mol. The highest BCUT2D eigenvalue weighted by Crippen LogP contribution is 2.06. The third kappa shape index (κ3) is 13.4. The van der Waals surface area contributed by atoms with Crippen LogP contribution in [0.5, 0.6) is 0 Å². The molecule has 102 valence electrons. The highest BCUT2D eigenvalue weighted by atomic mass is 16.1. The molecular weight excluding hydrogens is 212 g/mol. The molecule has 0 atom stereocenters. The van der Waals surface area contributed by atoms with Crippen molar-refractivity contribution in [2.24, 2.45) is 0 Å². The molecule has 17 heavy (non-hydrogen) atoms. The zero-order valence-electron chi connectivity index (χ0n) is 11.7. The van der Waals surface area contributed by atoms with Gasteiger partial charge in [0.05, 0.1) is 0 Å². The molecule has 0 aliphatic rings. The highest BCUT2D eigenvalue weighted by molar-refractivity contribution is 5.75. The summed E-state index contributed by atoms with van der Waals surface area (Å²) in [6.45, 7) is 6.79. The average Bonchev–Trinajstić information content (AvgIpc) is 2.32. The molecule has 3 nitrogen and oxygen atoms in total. The molecule has 0 saturated carbocycles. The van der Waals surface area contributed by atoms with Crippen LogP contribution in [-0.4, -0.2) is 25.5 Å². The van der Waals surface area contributed by atoms with Gasteiger partial charge in [-0.3, -0.25) is 4.79 Å². The lowest BCUT2D eigenvalue weighted by molar-refractivity contribution is -0.120. The van der Waals surface area contributed by atoms with Crippen LogP contribution in [0.2, 0.25) is 0 Å². The second kappa shape index (κ2) is 13.5. The van der Waals surface area contributed by atoms with Crippen molar-refractivity contribution >= 4 is 5.91 Å². The molecule has 1 amide bonds. The fraction of sp³-hybridized carbons (Fsp3) is 0.929. The standard InChI is InChI=1S/C14H30N2O/c1-3-5-6-7-8-9-10-12-15-13-11-14(17)16-4-2/h15H,3-13H2,1-2H3,(H,16,17). The molecule has 0 bridgehead atoms. The molecule has 0 aromatic rings. The summed E-state index contributed by atoms with van der Waals surface area (Å²) in [7, 11) is 0. The minimum absolute atomic E-state index is 0.152. The van der Waals surface area contributed by atoms with Crippen molar-refractivity contribution in [3.63, 3.8) is 0 Å². The van der Waals surface area contributed by atoms with Gasteiger partial charge in [-0.2, -0.15) is 0 Å². The molecule has 0 heterocycles. The lowest BCUT2D eigenvalue weighted by atomic mass is 10.1. The van der Waals surface area contributed by atoms with E-state index in [2.05, 4.69) is 17.6 Å². The maximum absolute atomic E-state index is 11.1. The number of unbranched alkanes of at least 4 members (excludes halogenated alkanes) is 6. The van der Waals surface area contributed by atoms with E-state index in [-0.39, 0.29) is 5.91 Å². The molecule has 0 rings (SSSR count). The Labute approximate surface area is 107 Å². The van der Waals surface area contributed by atoms with E-state index in [1.165, 1.54) is 44.9 Å². The minimum Gasteiger partial charge on any atom is -0.356 e. The Morgan fingerprint density at radius 1 is 0.882 bits per heavy atom. The van der Waals surface area contributed by atoms with Crippen LogP contribution in [0.25, 0.3) is 0 Å². The molecular formula is C14H30N2O. The van der Waals surface area contributed by atoms with E-state index in [1.807, 2.05) is 6.92 Å². The Bertz CT molecular complexity index is 172. The summed E-state index contributed by atoms with van der Waals surface area (Å²) >= 11 is 0. The first-order chi connectivity index (χ1) is 8.31. The van der Waals surface area contributed by atoms with Crippen LogP contribution in [0, 0.1) is 0 Å². The van der Waals surface area contributed by atoms with Crippen molar-refractivity contribution in [1.82, 2.24) is 10.6 Å². The molecule has 0 saturated heterocycles. The summed E-state index contributed by atoms with van der Waals surface area (Å²) in [5.74, 6) is 0.152. The number of nitrogens with one attached hydrogen (secondary N) is 2. The number of amides is 1. The van der Waals surface area contributed by atoms with Crippen molar-refractivity contribution in [2.75, 3.05) is 19.6 Å². The first-order valence-electron chi connectivity index (χ1n) is 7.28. The Morgan fingerprint density at radius 3 is 2.18 bits per heavy atom. The molecule has 0 aliphatic heterocycles. The van der Waals surface area contributed by atoms with Gasteiger partial charge in [0.25, 0.3) is 0 Å². The molecule has 3 heteroatoms. The van der Waals surface area contributed by atoms with Crippen LogP contribution in [0.3, 0.4) is 0 Å². The zero-order valence-corrected chi connectivity index (χ0v) is 11.7. The van der Waals surface area contributed by atoms with Gasteiger partial charge in [-0.05, 0) is 19.9 Å². The van der Waals surface area contributed by atoms with Gasteiger partial charge in [0.1, 0.15) is 0 Å². The number of hydrogen-bond acceptors (Lipinski definition) is 2. The van der Waals surface area contributed by atoms with Crippen molar-refractivity contribution in [2.45, 2.75) is 65.2 Å². The van der Waals surface area contributed by atoms with E-state index in [0.29, 0.717) is 6.42 Å². The quantitative estimate of drug-likeness (QED) is 0.517. The molecule has 0 unspecified atom stereocenters. The number of rotatable bonds is 12. The monoisotopic (exact) mass is 242 g/mol. The lowest BCUT2D eigenvalue weighted by Gasteiger charge is -2.05. The lowest BCUT2D eigenvalue weighted by Crippen LogP contribution is -2.27. The van der Waals surface area contributed by atoms with Crippen molar-refractivity contribution in [3.05, 3.63) is 0 Å². The fourth-order valence-corrected chi connectivity index (χ4v) is 1.82. The molecule has 0 fully saturated rings. The van der Waals surface area contributed by atoms with E-state index < -0.39 is 0 Å². The molecule has 0 aromatic carbocycles. The van der Waals surface area contributed by atoms with Crippen LogP contribution >= 0.6 is 0 Å². The third-order valence-electron chi connectivity index (χ3n) is 2.86. The van der Waals surface area contributed by atoms with Crippen LogP contribution in [0.4, 0.5) is 0 Å². The Kier molecular flexibility index (Phi) is 13.0.